The van der Waals surface area contributed by atoms with E-state index in [2.05, 4.69) is 40.3 Å². The molecule has 0 fully saturated rings. The summed E-state index contributed by atoms with van der Waals surface area (Å²) in [6.45, 7) is 4.15. The van der Waals surface area contributed by atoms with Crippen molar-refractivity contribution in [1.82, 2.24) is 9.97 Å². The van der Waals surface area contributed by atoms with Gasteiger partial charge in [-0.15, -0.1) is 0 Å². The van der Waals surface area contributed by atoms with E-state index in [0.717, 1.165) is 17.7 Å². The SMILES string of the molecule is COc1cc(Cl)c(C)cc1Nc1ccnc(N2c3ccccc3CC2C)n1. The van der Waals surface area contributed by atoms with Crippen molar-refractivity contribution in [2.75, 3.05) is 17.3 Å². The lowest BCUT2D eigenvalue weighted by Gasteiger charge is -2.23. The van der Waals surface area contributed by atoms with Gasteiger partial charge in [-0.1, -0.05) is 29.8 Å². The van der Waals surface area contributed by atoms with Crippen LogP contribution in [0.3, 0.4) is 0 Å². The van der Waals surface area contributed by atoms with Crippen molar-refractivity contribution in [3.05, 3.63) is 64.8 Å². The van der Waals surface area contributed by atoms with Gasteiger partial charge < -0.3 is 15.0 Å². The number of benzene rings is 2. The van der Waals surface area contributed by atoms with Crippen LogP contribution in [0.25, 0.3) is 0 Å². The quantitative estimate of drug-likeness (QED) is 0.667. The van der Waals surface area contributed by atoms with Gasteiger partial charge in [-0.3, -0.25) is 0 Å². The highest BCUT2D eigenvalue weighted by molar-refractivity contribution is 6.31. The van der Waals surface area contributed by atoms with Crippen LogP contribution >= 0.6 is 11.6 Å². The van der Waals surface area contributed by atoms with Gasteiger partial charge in [0, 0.05) is 29.0 Å². The van der Waals surface area contributed by atoms with Crippen molar-refractivity contribution in [3.8, 4) is 5.75 Å². The van der Waals surface area contributed by atoms with Gasteiger partial charge in [0.2, 0.25) is 5.95 Å². The molecule has 1 atom stereocenters. The van der Waals surface area contributed by atoms with Crippen molar-refractivity contribution in [2.45, 2.75) is 26.3 Å². The van der Waals surface area contributed by atoms with Gasteiger partial charge >= 0.3 is 0 Å². The van der Waals surface area contributed by atoms with E-state index in [4.69, 9.17) is 21.3 Å². The number of aryl methyl sites for hydroxylation is 1. The number of fused-ring (bicyclic) bond motifs is 1. The van der Waals surface area contributed by atoms with Gasteiger partial charge in [-0.2, -0.15) is 4.98 Å². The van der Waals surface area contributed by atoms with Crippen LogP contribution in [0.2, 0.25) is 5.02 Å². The van der Waals surface area contributed by atoms with E-state index >= 15 is 0 Å². The zero-order chi connectivity index (χ0) is 19.0. The van der Waals surface area contributed by atoms with Crippen LogP contribution < -0.4 is 15.0 Å². The van der Waals surface area contributed by atoms with E-state index in [0.29, 0.717) is 28.6 Å². The number of nitrogens with one attached hydrogen (secondary N) is 1. The molecule has 2 aromatic carbocycles. The van der Waals surface area contributed by atoms with Crippen molar-refractivity contribution < 1.29 is 4.74 Å². The smallest absolute Gasteiger partial charge is 0.232 e. The molecule has 1 aromatic heterocycles. The Labute approximate surface area is 164 Å². The second-order valence-electron chi connectivity index (χ2n) is 6.72. The predicted molar refractivity (Wildman–Crippen MR) is 110 cm³/mol. The summed E-state index contributed by atoms with van der Waals surface area (Å²) in [5, 5.41) is 4.00. The molecule has 1 unspecified atom stereocenters. The lowest BCUT2D eigenvalue weighted by atomic mass is 10.1. The summed E-state index contributed by atoms with van der Waals surface area (Å²) >= 11 is 6.20. The first-order chi connectivity index (χ1) is 13.1. The molecule has 27 heavy (non-hydrogen) atoms. The summed E-state index contributed by atoms with van der Waals surface area (Å²) in [5.74, 6) is 2.06. The lowest BCUT2D eigenvalue weighted by Crippen LogP contribution is -2.25. The number of ether oxygens (including phenoxy) is 1. The first-order valence-corrected chi connectivity index (χ1v) is 9.26. The van der Waals surface area contributed by atoms with Gasteiger partial charge in [-0.05, 0) is 49.6 Å². The van der Waals surface area contributed by atoms with Gasteiger partial charge in [0.15, 0.2) is 0 Å². The molecule has 0 saturated heterocycles. The lowest BCUT2D eigenvalue weighted by molar-refractivity contribution is 0.416. The number of anilines is 4. The molecular formula is C21H21ClN4O. The van der Waals surface area contributed by atoms with Crippen molar-refractivity contribution in [3.63, 3.8) is 0 Å². The Kier molecular flexibility index (Phi) is 4.62. The van der Waals surface area contributed by atoms with Crippen LogP contribution in [0.15, 0.2) is 48.7 Å². The molecule has 0 radical (unpaired) electrons. The summed E-state index contributed by atoms with van der Waals surface area (Å²) in [6.07, 6.45) is 2.76. The first kappa shape index (κ1) is 17.6. The summed E-state index contributed by atoms with van der Waals surface area (Å²) in [5.41, 5.74) is 4.28. The summed E-state index contributed by atoms with van der Waals surface area (Å²) in [7, 11) is 1.63. The summed E-state index contributed by atoms with van der Waals surface area (Å²) in [4.78, 5) is 11.4. The third-order valence-corrected chi connectivity index (χ3v) is 5.22. The zero-order valence-corrected chi connectivity index (χ0v) is 16.3. The van der Waals surface area contributed by atoms with Crippen molar-refractivity contribution >= 4 is 34.7 Å². The Hall–Kier alpha value is -2.79. The molecule has 3 aromatic rings. The van der Waals surface area contributed by atoms with Crippen LogP contribution in [-0.2, 0) is 6.42 Å². The average Bonchev–Trinajstić information content (AvgIpc) is 3.00. The second kappa shape index (κ2) is 7.08. The third-order valence-electron chi connectivity index (χ3n) is 4.81. The molecule has 0 saturated carbocycles. The van der Waals surface area contributed by atoms with Crippen LogP contribution in [-0.4, -0.2) is 23.1 Å². The van der Waals surface area contributed by atoms with E-state index in [1.807, 2.05) is 25.1 Å². The molecule has 138 valence electrons. The maximum Gasteiger partial charge on any atom is 0.232 e. The monoisotopic (exact) mass is 380 g/mol. The first-order valence-electron chi connectivity index (χ1n) is 8.88. The predicted octanol–water partition coefficient (Wildman–Crippen LogP) is 5.27. The molecular weight excluding hydrogens is 360 g/mol. The molecule has 6 heteroatoms. The minimum absolute atomic E-state index is 0.310. The number of para-hydroxylation sites is 1. The van der Waals surface area contributed by atoms with Gasteiger partial charge in [0.05, 0.1) is 12.8 Å². The highest BCUT2D eigenvalue weighted by Gasteiger charge is 2.28. The average molecular weight is 381 g/mol. The normalized spacial score (nSPS) is 15.6. The topological polar surface area (TPSA) is 50.3 Å². The highest BCUT2D eigenvalue weighted by Crippen LogP contribution is 2.37. The van der Waals surface area contributed by atoms with E-state index in [9.17, 15) is 0 Å². The summed E-state index contributed by atoms with van der Waals surface area (Å²) in [6, 6.07) is 14.3. The Morgan fingerprint density at radius 3 is 2.85 bits per heavy atom. The van der Waals surface area contributed by atoms with Crippen molar-refractivity contribution in [2.24, 2.45) is 0 Å². The molecule has 0 amide bonds. The van der Waals surface area contributed by atoms with Crippen molar-refractivity contribution in [1.29, 1.82) is 0 Å². The third kappa shape index (κ3) is 3.30. The van der Waals surface area contributed by atoms with Crippen LogP contribution in [0.4, 0.5) is 23.1 Å². The fourth-order valence-corrected chi connectivity index (χ4v) is 3.63. The fraction of sp³-hybridized carbons (Fsp3) is 0.238. The summed E-state index contributed by atoms with van der Waals surface area (Å²) < 4.78 is 5.45. The molecule has 5 nitrogen and oxygen atoms in total. The largest absolute Gasteiger partial charge is 0.495 e. The molecule has 0 aliphatic carbocycles. The molecule has 0 spiro atoms. The minimum Gasteiger partial charge on any atom is -0.495 e. The van der Waals surface area contributed by atoms with Gasteiger partial charge in [-0.25, -0.2) is 4.98 Å². The minimum atomic E-state index is 0.310. The molecule has 2 heterocycles. The second-order valence-corrected chi connectivity index (χ2v) is 7.13. The number of halogens is 1. The molecule has 1 aliphatic heterocycles. The van der Waals surface area contributed by atoms with Crippen LogP contribution in [0, 0.1) is 6.92 Å². The Balaban J connectivity index is 1.68. The van der Waals surface area contributed by atoms with E-state index in [-0.39, 0.29) is 0 Å². The maximum absolute atomic E-state index is 6.20. The number of methoxy groups -OCH3 is 1. The van der Waals surface area contributed by atoms with Gasteiger partial charge in [0.1, 0.15) is 11.6 Å². The van der Waals surface area contributed by atoms with Crippen LogP contribution in [0.5, 0.6) is 5.75 Å². The maximum atomic E-state index is 6.20. The Morgan fingerprint density at radius 2 is 2.04 bits per heavy atom. The number of hydrogen-bond acceptors (Lipinski definition) is 5. The van der Waals surface area contributed by atoms with E-state index in [1.165, 1.54) is 11.3 Å². The van der Waals surface area contributed by atoms with Gasteiger partial charge in [0.25, 0.3) is 0 Å². The van der Waals surface area contributed by atoms with E-state index < -0.39 is 0 Å². The van der Waals surface area contributed by atoms with Crippen LogP contribution in [0.1, 0.15) is 18.1 Å². The molecule has 0 bridgehead atoms. The number of aromatic nitrogens is 2. The Morgan fingerprint density at radius 1 is 1.22 bits per heavy atom. The zero-order valence-electron chi connectivity index (χ0n) is 15.5. The Bertz CT molecular complexity index is 992. The molecule has 1 N–H and O–H groups in total. The molecule has 1 aliphatic rings. The standard InChI is InChI=1S/C21H21ClN4O/c1-13-10-17(19(27-3)12-16(13)22)24-20-8-9-23-21(25-20)26-14(2)11-15-6-4-5-7-18(15)26/h4-10,12,14H,11H2,1-3H3,(H,23,24,25). The fourth-order valence-electron chi connectivity index (χ4n) is 3.47. The number of rotatable bonds is 4. The highest BCUT2D eigenvalue weighted by atomic mass is 35.5. The number of nitrogens with zero attached hydrogens (tertiary/aromatic N) is 3. The number of hydrogen-bond donors (Lipinski definition) is 1. The molecule has 4 rings (SSSR count). The van der Waals surface area contributed by atoms with E-state index in [1.54, 1.807) is 19.4 Å².